The zero-order chi connectivity index (χ0) is 17.4. The fourth-order valence-electron chi connectivity index (χ4n) is 2.40. The van der Waals surface area contributed by atoms with Crippen LogP contribution in [0.25, 0.3) is 0 Å². The number of hydrogen-bond donors (Lipinski definition) is 0. The molecule has 0 fully saturated rings. The van der Waals surface area contributed by atoms with Gasteiger partial charge in [0.05, 0.1) is 13.7 Å². The summed E-state index contributed by atoms with van der Waals surface area (Å²) in [5, 5.41) is 4.06. The maximum atomic E-state index is 13.6. The number of ether oxygens (including phenoxy) is 1. The highest BCUT2D eigenvalue weighted by molar-refractivity contribution is 9.10. The molecule has 0 aliphatic heterocycles. The molecule has 0 saturated heterocycles. The predicted octanol–water partition coefficient (Wildman–Crippen LogP) is 5.02. The molecule has 0 aliphatic carbocycles. The van der Waals surface area contributed by atoms with E-state index in [4.69, 9.17) is 4.74 Å². The van der Waals surface area contributed by atoms with Crippen LogP contribution in [0.2, 0.25) is 0 Å². The molecule has 0 spiro atoms. The zero-order valence-corrected chi connectivity index (χ0v) is 14.9. The molecule has 7 heteroatoms. The molecule has 1 aromatic heterocycles. The molecule has 0 radical (unpaired) electrons. The Morgan fingerprint density at radius 2 is 1.70 bits per heavy atom. The van der Waals surface area contributed by atoms with Crippen molar-refractivity contribution in [3.8, 4) is 5.75 Å². The van der Waals surface area contributed by atoms with Crippen molar-refractivity contribution in [2.75, 3.05) is 7.11 Å². The smallest absolute Gasteiger partial charge is 0.433 e. The van der Waals surface area contributed by atoms with Gasteiger partial charge in [-0.25, -0.2) is 0 Å². The first-order chi connectivity index (χ1) is 10.5. The fraction of sp³-hybridized carbons (Fsp3) is 0.438. The van der Waals surface area contributed by atoms with Crippen molar-refractivity contribution in [1.29, 1.82) is 0 Å². The molecule has 0 atom stereocenters. The summed E-state index contributed by atoms with van der Waals surface area (Å²) in [6.07, 6.45) is -4.48. The van der Waals surface area contributed by atoms with E-state index in [0.29, 0.717) is 11.3 Å². The minimum Gasteiger partial charge on any atom is -0.497 e. The molecule has 23 heavy (non-hydrogen) atoms. The third-order valence-electron chi connectivity index (χ3n) is 3.42. The summed E-state index contributed by atoms with van der Waals surface area (Å²) in [5.41, 5.74) is -0.514. The van der Waals surface area contributed by atoms with Crippen molar-refractivity contribution >= 4 is 15.9 Å². The van der Waals surface area contributed by atoms with Crippen molar-refractivity contribution in [2.24, 2.45) is 0 Å². The Morgan fingerprint density at radius 1 is 1.13 bits per heavy atom. The van der Waals surface area contributed by atoms with Gasteiger partial charge in [-0.3, -0.25) is 4.68 Å². The van der Waals surface area contributed by atoms with Crippen molar-refractivity contribution in [1.82, 2.24) is 9.78 Å². The van der Waals surface area contributed by atoms with Gasteiger partial charge < -0.3 is 4.74 Å². The maximum Gasteiger partial charge on any atom is 0.433 e. The molecular formula is C16H18BrF3N2O. The first-order valence-corrected chi connectivity index (χ1v) is 7.80. The van der Waals surface area contributed by atoms with Crippen molar-refractivity contribution in [3.05, 3.63) is 45.7 Å². The summed E-state index contributed by atoms with van der Waals surface area (Å²) < 4.78 is 47.0. The van der Waals surface area contributed by atoms with E-state index in [9.17, 15) is 13.2 Å². The Bertz CT molecular complexity index is 685. The second-order valence-electron chi connectivity index (χ2n) is 6.27. The molecule has 0 aliphatic rings. The van der Waals surface area contributed by atoms with E-state index in [1.165, 1.54) is 7.11 Å². The molecule has 3 nitrogen and oxygen atoms in total. The molecule has 0 unspecified atom stereocenters. The van der Waals surface area contributed by atoms with E-state index in [-0.39, 0.29) is 16.7 Å². The van der Waals surface area contributed by atoms with Crippen LogP contribution < -0.4 is 4.74 Å². The lowest BCUT2D eigenvalue weighted by molar-refractivity contribution is -0.145. The minimum atomic E-state index is -4.48. The van der Waals surface area contributed by atoms with Gasteiger partial charge in [-0.2, -0.15) is 18.3 Å². The van der Waals surface area contributed by atoms with Crippen LogP contribution in [-0.4, -0.2) is 16.9 Å². The Balaban J connectivity index is 2.50. The Morgan fingerprint density at radius 3 is 2.13 bits per heavy atom. The topological polar surface area (TPSA) is 27.1 Å². The number of aromatic nitrogens is 2. The van der Waals surface area contributed by atoms with Crippen LogP contribution in [-0.2, 0) is 18.1 Å². The van der Waals surface area contributed by atoms with Gasteiger partial charge in [0.15, 0.2) is 0 Å². The zero-order valence-electron chi connectivity index (χ0n) is 13.3. The van der Waals surface area contributed by atoms with E-state index >= 15 is 0 Å². The van der Waals surface area contributed by atoms with Gasteiger partial charge in [0, 0.05) is 5.56 Å². The van der Waals surface area contributed by atoms with E-state index in [1.807, 2.05) is 0 Å². The molecule has 2 aromatic rings. The lowest BCUT2D eigenvalue weighted by Crippen LogP contribution is -2.22. The van der Waals surface area contributed by atoms with E-state index < -0.39 is 17.3 Å². The summed E-state index contributed by atoms with van der Waals surface area (Å²) >= 11 is 3.18. The van der Waals surface area contributed by atoms with Gasteiger partial charge in [-0.15, -0.1) is 0 Å². The fourth-order valence-corrected chi connectivity index (χ4v) is 3.38. The SMILES string of the molecule is COc1ccc(Cn2nc(Br)c(C(C)(C)C)c2C(F)(F)F)cc1. The number of nitrogens with zero attached hydrogens (tertiary/aromatic N) is 2. The largest absolute Gasteiger partial charge is 0.497 e. The van der Waals surface area contributed by atoms with Crippen molar-refractivity contribution in [2.45, 2.75) is 38.9 Å². The quantitative estimate of drug-likeness (QED) is 0.735. The maximum absolute atomic E-state index is 13.6. The predicted molar refractivity (Wildman–Crippen MR) is 85.7 cm³/mol. The van der Waals surface area contributed by atoms with Gasteiger partial charge in [0.1, 0.15) is 16.0 Å². The normalized spacial score (nSPS) is 12.5. The summed E-state index contributed by atoms with van der Waals surface area (Å²) in [6.45, 7) is 5.25. The van der Waals surface area contributed by atoms with Gasteiger partial charge >= 0.3 is 6.18 Å². The standard InChI is InChI=1S/C16H18BrF3N2O/c1-15(2,3)12-13(16(18,19)20)22(21-14(12)17)9-10-5-7-11(23-4)8-6-10/h5-8H,9H2,1-4H3. The monoisotopic (exact) mass is 390 g/mol. The molecule has 2 rings (SSSR count). The molecule has 0 amide bonds. The molecular weight excluding hydrogens is 373 g/mol. The van der Waals surface area contributed by atoms with Crippen LogP contribution in [0.3, 0.4) is 0 Å². The van der Waals surface area contributed by atoms with Crippen LogP contribution in [0, 0.1) is 0 Å². The van der Waals surface area contributed by atoms with Crippen LogP contribution in [0.1, 0.15) is 37.6 Å². The second kappa shape index (κ2) is 6.19. The number of methoxy groups -OCH3 is 1. The number of halogens is 4. The van der Waals surface area contributed by atoms with Crippen LogP contribution in [0.5, 0.6) is 5.75 Å². The number of rotatable bonds is 3. The third-order valence-corrected chi connectivity index (χ3v) is 3.97. The highest BCUT2D eigenvalue weighted by Crippen LogP contribution is 2.41. The lowest BCUT2D eigenvalue weighted by Gasteiger charge is -2.21. The number of hydrogen-bond acceptors (Lipinski definition) is 2. The highest BCUT2D eigenvalue weighted by atomic mass is 79.9. The first-order valence-electron chi connectivity index (χ1n) is 7.01. The molecule has 1 heterocycles. The first kappa shape index (κ1) is 17.8. The molecule has 126 valence electrons. The average Bonchev–Trinajstić information content (AvgIpc) is 2.76. The highest BCUT2D eigenvalue weighted by Gasteiger charge is 2.42. The van der Waals surface area contributed by atoms with Crippen LogP contribution >= 0.6 is 15.9 Å². The van der Waals surface area contributed by atoms with Crippen molar-refractivity contribution in [3.63, 3.8) is 0 Å². The van der Waals surface area contributed by atoms with Crippen molar-refractivity contribution < 1.29 is 17.9 Å². The van der Waals surface area contributed by atoms with E-state index in [2.05, 4.69) is 21.0 Å². The molecule has 0 bridgehead atoms. The van der Waals surface area contributed by atoms with Gasteiger partial charge in [-0.05, 0) is 39.0 Å². The molecule has 0 N–H and O–H groups in total. The Kier molecular flexibility index (Phi) is 4.80. The second-order valence-corrected chi connectivity index (χ2v) is 7.02. The van der Waals surface area contributed by atoms with Crippen LogP contribution in [0.15, 0.2) is 28.9 Å². The van der Waals surface area contributed by atoms with E-state index in [1.54, 1.807) is 45.0 Å². The summed E-state index contributed by atoms with van der Waals surface area (Å²) in [5.74, 6) is 0.654. The Labute approximate surface area is 141 Å². The summed E-state index contributed by atoms with van der Waals surface area (Å²) in [6, 6.07) is 6.88. The van der Waals surface area contributed by atoms with Gasteiger partial charge in [0.25, 0.3) is 0 Å². The van der Waals surface area contributed by atoms with Gasteiger partial charge in [0.2, 0.25) is 0 Å². The lowest BCUT2D eigenvalue weighted by atomic mass is 9.87. The molecule has 0 saturated carbocycles. The van der Waals surface area contributed by atoms with E-state index in [0.717, 1.165) is 4.68 Å². The van der Waals surface area contributed by atoms with Crippen LogP contribution in [0.4, 0.5) is 13.2 Å². The minimum absolute atomic E-state index is 0.0352. The Hall–Kier alpha value is -1.50. The number of benzene rings is 1. The summed E-state index contributed by atoms with van der Waals surface area (Å²) in [7, 11) is 1.54. The van der Waals surface area contributed by atoms with Gasteiger partial charge in [-0.1, -0.05) is 32.9 Å². The summed E-state index contributed by atoms with van der Waals surface area (Å²) in [4.78, 5) is 0. The molecule has 1 aromatic carbocycles. The average molecular weight is 391 g/mol. The third kappa shape index (κ3) is 3.88. The number of alkyl halides is 3.